The van der Waals surface area contributed by atoms with Crippen LogP contribution in [0.1, 0.15) is 40.7 Å². The van der Waals surface area contributed by atoms with Crippen LogP contribution in [0.3, 0.4) is 0 Å². The van der Waals surface area contributed by atoms with Crippen LogP contribution in [0.15, 0.2) is 66.2 Å². The third-order valence-corrected chi connectivity index (χ3v) is 6.25. The number of methoxy groups -OCH3 is 1. The zero-order valence-electron chi connectivity index (χ0n) is 22.9. The number of carbonyl (C=O) groups excluding carboxylic acids is 1. The lowest BCUT2D eigenvalue weighted by Gasteiger charge is -2.19. The summed E-state index contributed by atoms with van der Waals surface area (Å²) >= 11 is 0. The Kier molecular flexibility index (Phi) is 10.6. The third-order valence-electron chi connectivity index (χ3n) is 6.25. The molecule has 0 fully saturated rings. The number of anilines is 2. The second-order valence-electron chi connectivity index (χ2n) is 9.41. The zero-order chi connectivity index (χ0) is 31.8. The highest BCUT2D eigenvalue weighted by atomic mass is 19.4. The van der Waals surface area contributed by atoms with Gasteiger partial charge >= 0.3 is 24.0 Å². The van der Waals surface area contributed by atoms with Crippen LogP contribution in [0.25, 0.3) is 6.08 Å². The van der Waals surface area contributed by atoms with Crippen LogP contribution in [-0.2, 0) is 11.2 Å². The summed E-state index contributed by atoms with van der Waals surface area (Å²) in [6, 6.07) is 14.9. The molecule has 0 aliphatic carbocycles. The Bertz CT molecular complexity index is 1470. The summed E-state index contributed by atoms with van der Waals surface area (Å²) < 4.78 is 78.6. The number of rotatable bonds is 13. The fraction of sp³-hybridized carbons (Fsp3) is 0.267. The monoisotopic (exact) mass is 608 g/mol. The van der Waals surface area contributed by atoms with Crippen molar-refractivity contribution in [1.29, 1.82) is 0 Å². The number of esters is 1. The van der Waals surface area contributed by atoms with Crippen molar-refractivity contribution in [3.05, 3.63) is 82.9 Å². The van der Waals surface area contributed by atoms with Crippen LogP contribution in [0.2, 0.25) is 0 Å². The van der Waals surface area contributed by atoms with Crippen molar-refractivity contribution in [2.75, 3.05) is 25.2 Å². The maximum atomic E-state index is 13.0. The van der Waals surface area contributed by atoms with Gasteiger partial charge in [-0.15, -0.1) is 0 Å². The Morgan fingerprint density at radius 3 is 2.23 bits per heavy atom. The molecule has 0 bridgehead atoms. The Balaban J connectivity index is 1.62. The number of nitrogens with two attached hydrogens (primary N) is 2. The molecule has 0 amide bonds. The number of carboxylic acids is 1. The van der Waals surface area contributed by atoms with Crippen LogP contribution in [0.4, 0.5) is 33.3 Å². The second kappa shape index (κ2) is 13.9. The molecule has 3 aromatic carbocycles. The van der Waals surface area contributed by atoms with E-state index in [0.29, 0.717) is 23.4 Å². The highest BCUT2D eigenvalue weighted by Gasteiger charge is 2.56. The summed E-state index contributed by atoms with van der Waals surface area (Å²) in [6.45, 7) is -0.382. The topological polar surface area (TPSA) is 134 Å². The van der Waals surface area contributed by atoms with Crippen molar-refractivity contribution < 1.29 is 50.9 Å². The molecule has 5 N–H and O–H groups in total. The number of ether oxygens (including phenoxy) is 3. The normalized spacial score (nSPS) is 12.1. The Morgan fingerprint density at radius 1 is 0.930 bits per heavy atom. The Labute approximate surface area is 243 Å². The summed E-state index contributed by atoms with van der Waals surface area (Å²) in [5.41, 5.74) is 14.1. The van der Waals surface area contributed by atoms with E-state index in [-0.39, 0.29) is 41.4 Å². The number of aliphatic carboxylic acids is 1. The second-order valence-corrected chi connectivity index (χ2v) is 9.41. The van der Waals surface area contributed by atoms with E-state index in [1.165, 1.54) is 49.6 Å². The van der Waals surface area contributed by atoms with Crippen LogP contribution in [0.5, 0.6) is 17.2 Å². The third kappa shape index (κ3) is 9.09. The van der Waals surface area contributed by atoms with Crippen molar-refractivity contribution >= 4 is 29.4 Å². The molecule has 0 aliphatic heterocycles. The van der Waals surface area contributed by atoms with E-state index in [9.17, 15) is 36.6 Å². The van der Waals surface area contributed by atoms with Gasteiger partial charge in [-0.05, 0) is 85.0 Å². The van der Waals surface area contributed by atoms with Gasteiger partial charge in [0.15, 0.2) is 11.5 Å². The number of benzene rings is 3. The van der Waals surface area contributed by atoms with Gasteiger partial charge in [0.2, 0.25) is 0 Å². The summed E-state index contributed by atoms with van der Waals surface area (Å²) in [5.74, 6) is -6.31. The first-order valence-corrected chi connectivity index (χ1v) is 12.9. The molecule has 230 valence electrons. The van der Waals surface area contributed by atoms with E-state index in [1.807, 2.05) is 0 Å². The summed E-state index contributed by atoms with van der Waals surface area (Å²) in [6.07, 6.45) is -5.55. The average molecular weight is 609 g/mol. The van der Waals surface area contributed by atoms with E-state index in [2.05, 4.69) is 0 Å². The Hall–Kier alpha value is -4.81. The minimum Gasteiger partial charge on any atom is -0.494 e. The number of hydrogen-bond acceptors (Lipinski definition) is 7. The lowest BCUT2D eigenvalue weighted by atomic mass is 10.0. The fourth-order valence-electron chi connectivity index (χ4n) is 3.88. The van der Waals surface area contributed by atoms with E-state index in [4.69, 9.17) is 25.7 Å². The quantitative estimate of drug-likeness (QED) is 0.0498. The molecule has 3 aromatic rings. The molecule has 0 saturated carbocycles. The molecule has 0 spiro atoms. The molecule has 13 heteroatoms. The molecule has 0 unspecified atom stereocenters. The molecule has 0 atom stereocenters. The predicted molar refractivity (Wildman–Crippen MR) is 149 cm³/mol. The largest absolute Gasteiger partial charge is 0.494 e. The number of hydrogen-bond donors (Lipinski definition) is 3. The van der Waals surface area contributed by atoms with Crippen LogP contribution in [-0.4, -0.2) is 42.9 Å². The van der Waals surface area contributed by atoms with Gasteiger partial charge in [0.05, 0.1) is 19.3 Å². The average Bonchev–Trinajstić information content (AvgIpc) is 2.94. The predicted octanol–water partition coefficient (Wildman–Crippen LogP) is 6.54. The van der Waals surface area contributed by atoms with Crippen molar-refractivity contribution in [2.45, 2.75) is 37.8 Å². The van der Waals surface area contributed by atoms with Gasteiger partial charge in [0.25, 0.3) is 0 Å². The lowest BCUT2D eigenvalue weighted by Crippen LogP contribution is -2.36. The molecule has 8 nitrogen and oxygen atoms in total. The van der Waals surface area contributed by atoms with Crippen LogP contribution < -0.4 is 25.7 Å². The lowest BCUT2D eigenvalue weighted by molar-refractivity contribution is -0.284. The number of alkyl halides is 5. The van der Waals surface area contributed by atoms with Crippen molar-refractivity contribution in [3.8, 4) is 17.2 Å². The number of halogens is 5. The van der Waals surface area contributed by atoms with E-state index in [1.54, 1.807) is 24.3 Å². The van der Waals surface area contributed by atoms with Gasteiger partial charge in [-0.3, -0.25) is 0 Å². The van der Waals surface area contributed by atoms with Crippen molar-refractivity contribution in [2.24, 2.45) is 0 Å². The van der Waals surface area contributed by atoms with Crippen molar-refractivity contribution in [3.63, 3.8) is 0 Å². The maximum Gasteiger partial charge on any atom is 0.453 e. The first-order chi connectivity index (χ1) is 20.2. The SMILES string of the molecule is COc1cc(/C=C(\CCc2ccc(N)cc2N)C(=O)O)ccc1OC(=O)c1ccc(OCCCC(F)(F)C(F)(F)F)cc1. The molecular weight excluding hydrogens is 579 g/mol. The molecule has 3 rings (SSSR count). The zero-order valence-corrected chi connectivity index (χ0v) is 22.9. The van der Waals surface area contributed by atoms with Gasteiger partial charge in [-0.25, -0.2) is 9.59 Å². The van der Waals surface area contributed by atoms with E-state index in [0.717, 1.165) is 5.56 Å². The maximum absolute atomic E-state index is 13.0. The summed E-state index contributed by atoms with van der Waals surface area (Å²) in [5, 5.41) is 9.69. The smallest absolute Gasteiger partial charge is 0.453 e. The molecule has 0 saturated heterocycles. The first-order valence-electron chi connectivity index (χ1n) is 12.9. The van der Waals surface area contributed by atoms with Crippen LogP contribution >= 0.6 is 0 Å². The van der Waals surface area contributed by atoms with Gasteiger partial charge < -0.3 is 30.8 Å². The standard InChI is InChI=1S/C30H29F5N2O6/c1-41-26-16-18(15-21(27(38)39)5-4-19-6-9-22(36)17-24(19)37)3-12-25(26)43-28(40)20-7-10-23(11-8-20)42-14-2-13-29(31,32)30(33,34)35/h3,6-12,15-17H,2,4-5,13-14,36-37H2,1H3,(H,38,39)/b21-15+. The van der Waals surface area contributed by atoms with Gasteiger partial charge in [0, 0.05) is 23.4 Å². The summed E-state index contributed by atoms with van der Waals surface area (Å²) in [4.78, 5) is 24.5. The fourth-order valence-corrected chi connectivity index (χ4v) is 3.88. The highest BCUT2D eigenvalue weighted by Crippen LogP contribution is 2.38. The van der Waals surface area contributed by atoms with E-state index >= 15 is 0 Å². The molecule has 0 aliphatic rings. The van der Waals surface area contributed by atoms with Crippen LogP contribution in [0, 0.1) is 0 Å². The minimum absolute atomic E-state index is 0.0575. The molecule has 0 aromatic heterocycles. The van der Waals surface area contributed by atoms with Crippen molar-refractivity contribution in [1.82, 2.24) is 0 Å². The first kappa shape index (κ1) is 32.7. The van der Waals surface area contributed by atoms with Gasteiger partial charge in [-0.1, -0.05) is 12.1 Å². The van der Waals surface area contributed by atoms with E-state index < -0.39 is 36.9 Å². The number of carboxylic acid groups (broad SMARTS) is 1. The number of aryl methyl sites for hydroxylation is 1. The molecule has 0 radical (unpaired) electrons. The molecular formula is C30H29F5N2O6. The van der Waals surface area contributed by atoms with Gasteiger partial charge in [0.1, 0.15) is 5.75 Å². The summed E-state index contributed by atoms with van der Waals surface area (Å²) in [7, 11) is 1.35. The number of carbonyl (C=O) groups is 2. The minimum atomic E-state index is -5.62. The molecule has 43 heavy (non-hydrogen) atoms. The molecule has 0 heterocycles. The number of nitrogen functional groups attached to an aromatic ring is 2. The van der Waals surface area contributed by atoms with Gasteiger partial charge in [-0.2, -0.15) is 22.0 Å². The highest BCUT2D eigenvalue weighted by molar-refractivity contribution is 5.93. The Morgan fingerprint density at radius 2 is 1.63 bits per heavy atom.